The number of hydrogen-bond acceptors (Lipinski definition) is 5. The zero-order chi connectivity index (χ0) is 23.0. The fourth-order valence-electron chi connectivity index (χ4n) is 3.76. The summed E-state index contributed by atoms with van der Waals surface area (Å²) in [7, 11) is -3.69. The van der Waals surface area contributed by atoms with Crippen molar-refractivity contribution in [2.75, 3.05) is 15.9 Å². The second-order valence-corrected chi connectivity index (χ2v) is 10.4. The van der Waals surface area contributed by atoms with Gasteiger partial charge in [-0.3, -0.25) is 14.4 Å². The molecule has 2 heterocycles. The molecule has 0 unspecified atom stereocenters. The Hall–Kier alpha value is -3.30. The Bertz CT molecular complexity index is 1410. The Kier molecular flexibility index (Phi) is 5.59. The van der Waals surface area contributed by atoms with E-state index in [1.54, 1.807) is 53.1 Å². The van der Waals surface area contributed by atoms with Crippen molar-refractivity contribution in [2.24, 2.45) is 0 Å². The third-order valence-corrected chi connectivity index (χ3v) is 7.79. The Morgan fingerprint density at radius 3 is 2.45 bits per heavy atom. The van der Waals surface area contributed by atoms with Crippen LogP contribution in [-0.2, 0) is 14.8 Å². The maximum Gasteiger partial charge on any atom is 0.261 e. The molecule has 33 heavy (non-hydrogen) atoms. The molecule has 1 fully saturated rings. The molecule has 7 nitrogen and oxygen atoms in total. The molecule has 2 aromatic carbocycles. The zero-order valence-corrected chi connectivity index (χ0v) is 19.5. The molecule has 1 amide bonds. The van der Waals surface area contributed by atoms with E-state index in [0.29, 0.717) is 17.2 Å². The fourth-order valence-corrected chi connectivity index (χ4v) is 5.23. The lowest BCUT2D eigenvalue weighted by Gasteiger charge is -2.17. The summed E-state index contributed by atoms with van der Waals surface area (Å²) in [5, 5.41) is 0.933. The van der Waals surface area contributed by atoms with Crippen molar-refractivity contribution < 1.29 is 13.2 Å². The molecule has 9 heteroatoms. The molecule has 4 aromatic rings. The van der Waals surface area contributed by atoms with Gasteiger partial charge in [0.15, 0.2) is 0 Å². The minimum absolute atomic E-state index is 0.206. The Morgan fingerprint density at radius 2 is 1.82 bits per heavy atom. The highest BCUT2D eigenvalue weighted by atomic mass is 32.2. The van der Waals surface area contributed by atoms with E-state index in [1.807, 2.05) is 36.7 Å². The first-order chi connectivity index (χ1) is 16.0. The first kappa shape index (κ1) is 21.5. The van der Waals surface area contributed by atoms with Crippen molar-refractivity contribution in [3.63, 3.8) is 0 Å². The van der Waals surface area contributed by atoms with Crippen LogP contribution < -0.4 is 9.62 Å². The van der Waals surface area contributed by atoms with Gasteiger partial charge in [0.25, 0.3) is 10.0 Å². The summed E-state index contributed by atoms with van der Waals surface area (Å²) < 4.78 is 28.1. The highest BCUT2D eigenvalue weighted by Gasteiger charge is 2.30. The maximum atomic E-state index is 12.7. The number of carbonyl (C=O) groups is 1. The number of hydrogen-bond donors (Lipinski definition) is 2. The van der Waals surface area contributed by atoms with Gasteiger partial charge < -0.3 is 4.98 Å². The van der Waals surface area contributed by atoms with Gasteiger partial charge in [-0.05, 0) is 78.8 Å². The molecule has 0 saturated heterocycles. The molecule has 168 valence electrons. The monoisotopic (exact) mass is 478 g/mol. The average molecular weight is 479 g/mol. The second kappa shape index (κ2) is 8.57. The van der Waals surface area contributed by atoms with Gasteiger partial charge in [-0.15, -0.1) is 11.8 Å². The summed E-state index contributed by atoms with van der Waals surface area (Å²) in [4.78, 5) is 22.3. The van der Waals surface area contributed by atoms with Crippen LogP contribution in [0.25, 0.3) is 22.2 Å². The van der Waals surface area contributed by atoms with E-state index in [9.17, 15) is 13.2 Å². The number of thioether (sulfide) groups is 1. The number of nitrogens with one attached hydrogen (secondary N) is 2. The van der Waals surface area contributed by atoms with Crippen molar-refractivity contribution in [2.45, 2.75) is 28.7 Å². The maximum absolute atomic E-state index is 12.7. The van der Waals surface area contributed by atoms with Gasteiger partial charge in [-0.25, -0.2) is 13.4 Å². The summed E-state index contributed by atoms with van der Waals surface area (Å²) in [6, 6.07) is 18.0. The third kappa shape index (κ3) is 4.34. The highest BCUT2D eigenvalue weighted by Crippen LogP contribution is 2.35. The minimum atomic E-state index is -3.69. The second-order valence-electron chi connectivity index (χ2n) is 7.87. The molecule has 0 radical (unpaired) electrons. The minimum Gasteiger partial charge on any atom is -0.346 e. The molecule has 1 aliphatic rings. The highest BCUT2D eigenvalue weighted by molar-refractivity contribution is 7.98. The molecule has 2 aromatic heterocycles. The number of H-pyrrole nitrogens is 1. The van der Waals surface area contributed by atoms with E-state index in [4.69, 9.17) is 0 Å². The molecule has 0 atom stereocenters. The van der Waals surface area contributed by atoms with Crippen LogP contribution in [-0.4, -0.2) is 37.1 Å². The summed E-state index contributed by atoms with van der Waals surface area (Å²) in [6.45, 7) is 0. The van der Waals surface area contributed by atoms with Crippen LogP contribution in [0.3, 0.4) is 0 Å². The largest absolute Gasteiger partial charge is 0.346 e. The number of anilines is 2. The number of nitrogens with zero attached hydrogens (tertiary/aromatic N) is 2. The molecule has 0 bridgehead atoms. The smallest absolute Gasteiger partial charge is 0.261 e. The van der Waals surface area contributed by atoms with Gasteiger partial charge in [0.2, 0.25) is 6.41 Å². The van der Waals surface area contributed by atoms with E-state index < -0.39 is 10.0 Å². The molecule has 5 rings (SSSR count). The van der Waals surface area contributed by atoms with Crippen molar-refractivity contribution in [1.82, 2.24) is 9.97 Å². The van der Waals surface area contributed by atoms with Crippen molar-refractivity contribution in [3.8, 4) is 11.1 Å². The predicted molar refractivity (Wildman–Crippen MR) is 132 cm³/mol. The molecule has 2 N–H and O–H groups in total. The Labute approximate surface area is 196 Å². The predicted octanol–water partition coefficient (Wildman–Crippen LogP) is 4.88. The van der Waals surface area contributed by atoms with E-state index in [2.05, 4.69) is 14.7 Å². The van der Waals surface area contributed by atoms with Crippen LogP contribution in [0.4, 0.5) is 11.5 Å². The van der Waals surface area contributed by atoms with Gasteiger partial charge in [0.05, 0.1) is 4.90 Å². The number of aromatic nitrogens is 2. The normalized spacial score (nSPS) is 13.7. The summed E-state index contributed by atoms with van der Waals surface area (Å²) in [6.07, 6.45) is 6.56. The number of amides is 1. The standard InChI is InChI=1S/C24H22N4O3S2/c1-32-19-8-10-20(11-9-19)33(30,31)27-17-4-2-16(3-5-17)22-14-23(28(15-29)18-6-7-18)26-24-21(22)12-13-25-24/h2-5,8-15,18,27H,6-7H2,1H3,(H,25,26). The van der Waals surface area contributed by atoms with Gasteiger partial charge in [-0.2, -0.15) is 0 Å². The van der Waals surface area contributed by atoms with E-state index >= 15 is 0 Å². The number of aromatic amines is 1. The molecular weight excluding hydrogens is 456 g/mol. The van der Waals surface area contributed by atoms with Gasteiger partial charge >= 0.3 is 0 Å². The van der Waals surface area contributed by atoms with Crippen molar-refractivity contribution in [3.05, 3.63) is 66.9 Å². The number of fused-ring (bicyclic) bond motifs is 1. The summed E-state index contributed by atoms with van der Waals surface area (Å²) >= 11 is 1.56. The lowest BCUT2D eigenvalue weighted by molar-refractivity contribution is -0.107. The van der Waals surface area contributed by atoms with Crippen LogP contribution in [0.1, 0.15) is 12.8 Å². The van der Waals surface area contributed by atoms with Gasteiger partial charge in [0, 0.05) is 28.2 Å². The Balaban J connectivity index is 1.44. The van der Waals surface area contributed by atoms with Crippen LogP contribution in [0.5, 0.6) is 0 Å². The summed E-state index contributed by atoms with van der Waals surface area (Å²) in [5.41, 5.74) is 3.00. The number of rotatable bonds is 8. The third-order valence-electron chi connectivity index (χ3n) is 5.65. The van der Waals surface area contributed by atoms with Crippen LogP contribution in [0.15, 0.2) is 76.7 Å². The van der Waals surface area contributed by atoms with Crippen LogP contribution in [0, 0.1) is 0 Å². The van der Waals surface area contributed by atoms with Crippen molar-refractivity contribution in [1.29, 1.82) is 0 Å². The molecule has 1 aliphatic carbocycles. The lowest BCUT2D eigenvalue weighted by atomic mass is 10.0. The SMILES string of the molecule is CSc1ccc(S(=O)(=O)Nc2ccc(-c3cc(N(C=O)C4CC4)nc4[nH]ccc34)cc2)cc1. The van der Waals surface area contributed by atoms with Crippen LogP contribution in [0.2, 0.25) is 0 Å². The molecule has 1 saturated carbocycles. The van der Waals surface area contributed by atoms with E-state index in [0.717, 1.165) is 40.7 Å². The number of carbonyl (C=O) groups excluding carboxylic acids is 1. The average Bonchev–Trinajstić information content (AvgIpc) is 3.55. The summed E-state index contributed by atoms with van der Waals surface area (Å²) in [5.74, 6) is 0.607. The quantitative estimate of drug-likeness (QED) is 0.278. The van der Waals surface area contributed by atoms with Gasteiger partial charge in [-0.1, -0.05) is 12.1 Å². The topological polar surface area (TPSA) is 95.2 Å². The van der Waals surface area contributed by atoms with E-state index in [-0.39, 0.29) is 10.9 Å². The first-order valence-electron chi connectivity index (χ1n) is 10.5. The fraction of sp³-hybridized carbons (Fsp3) is 0.167. The zero-order valence-electron chi connectivity index (χ0n) is 17.9. The van der Waals surface area contributed by atoms with Gasteiger partial charge in [0.1, 0.15) is 11.5 Å². The molecule has 0 spiro atoms. The number of benzene rings is 2. The van der Waals surface area contributed by atoms with E-state index in [1.165, 1.54) is 0 Å². The van der Waals surface area contributed by atoms with Crippen LogP contribution >= 0.6 is 11.8 Å². The molecular formula is C24H22N4O3S2. The number of pyridine rings is 1. The van der Waals surface area contributed by atoms with Crippen molar-refractivity contribution >= 4 is 50.7 Å². The lowest BCUT2D eigenvalue weighted by Crippen LogP contribution is -2.24. The Morgan fingerprint density at radius 1 is 1.09 bits per heavy atom. The number of sulfonamides is 1. The molecule has 0 aliphatic heterocycles. The first-order valence-corrected chi connectivity index (χ1v) is 13.2.